The van der Waals surface area contributed by atoms with Gasteiger partial charge in [0.1, 0.15) is 5.60 Å². The van der Waals surface area contributed by atoms with Gasteiger partial charge < -0.3 is 14.7 Å². The minimum Gasteiger partial charge on any atom is -0.481 e. The van der Waals surface area contributed by atoms with Crippen molar-refractivity contribution in [3.63, 3.8) is 0 Å². The maximum absolute atomic E-state index is 12.2. The summed E-state index contributed by atoms with van der Waals surface area (Å²) in [6, 6.07) is 0. The van der Waals surface area contributed by atoms with Crippen LogP contribution in [0.3, 0.4) is 0 Å². The Kier molecular flexibility index (Phi) is 5.23. The third kappa shape index (κ3) is 4.83. The van der Waals surface area contributed by atoms with Crippen molar-refractivity contribution < 1.29 is 19.4 Å². The molecule has 132 valence electrons. The van der Waals surface area contributed by atoms with Crippen molar-refractivity contribution in [3.05, 3.63) is 0 Å². The Morgan fingerprint density at radius 3 is 2.35 bits per heavy atom. The third-order valence-corrected chi connectivity index (χ3v) is 4.44. The van der Waals surface area contributed by atoms with Crippen LogP contribution in [0.15, 0.2) is 0 Å². The summed E-state index contributed by atoms with van der Waals surface area (Å²) in [7, 11) is 0. The molecule has 1 N–H and O–H groups in total. The Balaban J connectivity index is 2.03. The SMILES string of the molecule is CCCN(CC1CC1)C1(CC(=O)O)CN(C(=O)OC(C)(C)C)C1. The molecular weight excluding hydrogens is 296 g/mol. The van der Waals surface area contributed by atoms with Gasteiger partial charge in [0.2, 0.25) is 0 Å². The van der Waals surface area contributed by atoms with Gasteiger partial charge in [0, 0.05) is 19.6 Å². The van der Waals surface area contributed by atoms with E-state index in [2.05, 4.69) is 11.8 Å². The van der Waals surface area contributed by atoms with Crippen LogP contribution in [-0.2, 0) is 9.53 Å². The molecule has 1 saturated carbocycles. The van der Waals surface area contributed by atoms with E-state index in [1.807, 2.05) is 20.8 Å². The van der Waals surface area contributed by atoms with Crippen LogP contribution in [0.25, 0.3) is 0 Å². The van der Waals surface area contributed by atoms with Crippen molar-refractivity contribution in [1.82, 2.24) is 9.80 Å². The maximum atomic E-state index is 12.2. The molecule has 2 aliphatic rings. The number of carboxylic acids is 1. The highest BCUT2D eigenvalue weighted by molar-refractivity contribution is 5.73. The fourth-order valence-corrected chi connectivity index (χ4v) is 3.23. The molecule has 1 heterocycles. The third-order valence-electron chi connectivity index (χ3n) is 4.44. The molecule has 23 heavy (non-hydrogen) atoms. The number of aliphatic carboxylic acids is 1. The lowest BCUT2D eigenvalue weighted by atomic mass is 9.84. The van der Waals surface area contributed by atoms with Crippen LogP contribution in [-0.4, -0.2) is 64.3 Å². The molecule has 1 amide bonds. The number of nitrogens with zero attached hydrogens (tertiary/aromatic N) is 2. The average Bonchev–Trinajstić information content (AvgIpc) is 3.14. The van der Waals surface area contributed by atoms with Gasteiger partial charge in [-0.2, -0.15) is 0 Å². The average molecular weight is 326 g/mol. The number of hydrogen-bond acceptors (Lipinski definition) is 4. The first-order chi connectivity index (χ1) is 10.6. The van der Waals surface area contributed by atoms with Gasteiger partial charge in [-0.25, -0.2) is 4.79 Å². The van der Waals surface area contributed by atoms with Crippen molar-refractivity contribution in [2.45, 2.75) is 64.5 Å². The van der Waals surface area contributed by atoms with Gasteiger partial charge in [-0.3, -0.25) is 9.69 Å². The standard InChI is InChI=1S/C17H30N2O4/c1-5-8-19(10-13-6-7-13)17(9-14(20)21)11-18(12-17)15(22)23-16(2,3)4/h13H,5-12H2,1-4H3,(H,20,21). The molecule has 1 saturated heterocycles. The molecule has 0 spiro atoms. The minimum absolute atomic E-state index is 0.0824. The highest BCUT2D eigenvalue weighted by atomic mass is 16.6. The van der Waals surface area contributed by atoms with E-state index in [-0.39, 0.29) is 12.5 Å². The second kappa shape index (κ2) is 6.67. The molecule has 0 aromatic rings. The molecule has 0 atom stereocenters. The zero-order valence-electron chi connectivity index (χ0n) is 14.8. The molecule has 6 nitrogen and oxygen atoms in total. The minimum atomic E-state index is -0.800. The number of carboxylic acid groups (broad SMARTS) is 1. The molecule has 0 unspecified atom stereocenters. The van der Waals surface area contributed by atoms with Crippen LogP contribution in [0.5, 0.6) is 0 Å². The van der Waals surface area contributed by atoms with Gasteiger partial charge >= 0.3 is 12.1 Å². The number of likely N-dealkylation sites (tertiary alicyclic amines) is 1. The highest BCUT2D eigenvalue weighted by Crippen LogP contribution is 2.37. The molecule has 6 heteroatoms. The van der Waals surface area contributed by atoms with Crippen LogP contribution < -0.4 is 0 Å². The van der Waals surface area contributed by atoms with E-state index < -0.39 is 17.1 Å². The summed E-state index contributed by atoms with van der Waals surface area (Å²) in [5.74, 6) is -0.103. The largest absolute Gasteiger partial charge is 0.481 e. The number of ether oxygens (including phenoxy) is 1. The van der Waals surface area contributed by atoms with Crippen LogP contribution in [0, 0.1) is 5.92 Å². The summed E-state index contributed by atoms with van der Waals surface area (Å²) in [6.07, 6.45) is 3.19. The first kappa shape index (κ1) is 18.0. The summed E-state index contributed by atoms with van der Waals surface area (Å²) in [5.41, 5.74) is -0.958. The van der Waals surface area contributed by atoms with Gasteiger partial charge in [-0.15, -0.1) is 0 Å². The second-order valence-electron chi connectivity index (χ2n) is 8.02. The number of carbonyl (C=O) groups excluding carboxylic acids is 1. The molecule has 1 aliphatic heterocycles. The van der Waals surface area contributed by atoms with E-state index in [0.717, 1.165) is 19.5 Å². The second-order valence-corrected chi connectivity index (χ2v) is 8.02. The Bertz CT molecular complexity index is 448. The Labute approximate surface area is 138 Å². The lowest BCUT2D eigenvalue weighted by Crippen LogP contribution is -2.72. The predicted octanol–water partition coefficient (Wildman–Crippen LogP) is 2.57. The summed E-state index contributed by atoms with van der Waals surface area (Å²) in [6.45, 7) is 10.3. The topological polar surface area (TPSA) is 70.1 Å². The monoisotopic (exact) mass is 326 g/mol. The van der Waals surface area contributed by atoms with Gasteiger partial charge in [-0.1, -0.05) is 6.92 Å². The first-order valence-corrected chi connectivity index (χ1v) is 8.60. The van der Waals surface area contributed by atoms with Crippen molar-refractivity contribution in [3.8, 4) is 0 Å². The number of hydrogen-bond donors (Lipinski definition) is 1. The van der Waals surface area contributed by atoms with Crippen LogP contribution in [0.4, 0.5) is 4.79 Å². The molecule has 0 aromatic heterocycles. The highest BCUT2D eigenvalue weighted by Gasteiger charge is 2.52. The fourth-order valence-electron chi connectivity index (χ4n) is 3.23. The number of rotatable bonds is 7. The molecule has 2 fully saturated rings. The zero-order valence-corrected chi connectivity index (χ0v) is 14.8. The number of carbonyl (C=O) groups is 2. The Morgan fingerprint density at radius 2 is 1.91 bits per heavy atom. The quantitative estimate of drug-likeness (QED) is 0.778. The van der Waals surface area contributed by atoms with Crippen LogP contribution in [0.2, 0.25) is 0 Å². The molecule has 0 radical (unpaired) electrons. The molecular formula is C17H30N2O4. The summed E-state index contributed by atoms with van der Waals surface area (Å²) in [4.78, 5) is 27.5. The van der Waals surface area contributed by atoms with Gasteiger partial charge in [0.15, 0.2) is 0 Å². The van der Waals surface area contributed by atoms with E-state index in [1.54, 1.807) is 4.90 Å². The van der Waals surface area contributed by atoms with E-state index in [4.69, 9.17) is 4.74 Å². The van der Waals surface area contributed by atoms with E-state index in [9.17, 15) is 14.7 Å². The summed E-state index contributed by atoms with van der Waals surface area (Å²) < 4.78 is 5.39. The molecule has 0 aromatic carbocycles. The van der Waals surface area contributed by atoms with E-state index in [1.165, 1.54) is 12.8 Å². The van der Waals surface area contributed by atoms with Crippen molar-refractivity contribution in [1.29, 1.82) is 0 Å². The van der Waals surface area contributed by atoms with Crippen molar-refractivity contribution in [2.75, 3.05) is 26.2 Å². The summed E-state index contributed by atoms with van der Waals surface area (Å²) in [5, 5.41) is 9.33. The summed E-state index contributed by atoms with van der Waals surface area (Å²) >= 11 is 0. The van der Waals surface area contributed by atoms with Crippen molar-refractivity contribution in [2.24, 2.45) is 5.92 Å². The predicted molar refractivity (Wildman–Crippen MR) is 87.4 cm³/mol. The lowest BCUT2D eigenvalue weighted by molar-refractivity contribution is -0.146. The molecule has 2 rings (SSSR count). The lowest BCUT2D eigenvalue weighted by Gasteiger charge is -2.55. The normalized spacial score (nSPS) is 20.3. The van der Waals surface area contributed by atoms with Crippen molar-refractivity contribution >= 4 is 12.1 Å². The molecule has 1 aliphatic carbocycles. The molecule has 0 bridgehead atoms. The zero-order chi connectivity index (χ0) is 17.3. The first-order valence-electron chi connectivity index (χ1n) is 8.60. The number of amides is 1. The Hall–Kier alpha value is -1.30. The van der Waals surface area contributed by atoms with Gasteiger partial charge in [0.05, 0.1) is 12.0 Å². The fraction of sp³-hybridized carbons (Fsp3) is 0.882. The van der Waals surface area contributed by atoms with E-state index >= 15 is 0 Å². The maximum Gasteiger partial charge on any atom is 0.410 e. The Morgan fingerprint density at radius 1 is 1.30 bits per heavy atom. The van der Waals surface area contributed by atoms with Crippen LogP contribution >= 0.6 is 0 Å². The van der Waals surface area contributed by atoms with Crippen LogP contribution in [0.1, 0.15) is 53.4 Å². The van der Waals surface area contributed by atoms with E-state index in [0.29, 0.717) is 19.0 Å². The van der Waals surface area contributed by atoms with Gasteiger partial charge in [0.25, 0.3) is 0 Å². The van der Waals surface area contributed by atoms with Gasteiger partial charge in [-0.05, 0) is 52.5 Å². The smallest absolute Gasteiger partial charge is 0.410 e.